The Morgan fingerprint density at radius 1 is 1.00 bits per heavy atom. The number of hydrogen-bond acceptors (Lipinski definition) is 6. The SMILES string of the molecule is Cc1cccc(Nc2ncnc(Nc3cc(Cl)ccc3Cl)c2[N+](=O)[O-])c1C. The average molecular weight is 404 g/mol. The summed E-state index contributed by atoms with van der Waals surface area (Å²) < 4.78 is 0. The fourth-order valence-corrected chi connectivity index (χ4v) is 2.81. The lowest BCUT2D eigenvalue weighted by Gasteiger charge is -2.13. The molecule has 2 N–H and O–H groups in total. The van der Waals surface area contributed by atoms with Crippen LogP contribution in [0.2, 0.25) is 10.0 Å². The number of rotatable bonds is 5. The molecule has 0 spiro atoms. The maximum atomic E-state index is 11.7. The monoisotopic (exact) mass is 403 g/mol. The van der Waals surface area contributed by atoms with Crippen LogP contribution in [0.3, 0.4) is 0 Å². The fourth-order valence-electron chi connectivity index (χ4n) is 2.47. The molecule has 0 radical (unpaired) electrons. The van der Waals surface area contributed by atoms with Crippen molar-refractivity contribution in [1.29, 1.82) is 0 Å². The zero-order valence-corrected chi connectivity index (χ0v) is 16.0. The molecule has 1 aromatic heterocycles. The van der Waals surface area contributed by atoms with Gasteiger partial charge in [0.05, 0.1) is 15.6 Å². The molecule has 0 fully saturated rings. The molecule has 0 saturated carbocycles. The van der Waals surface area contributed by atoms with Gasteiger partial charge >= 0.3 is 5.69 Å². The first-order chi connectivity index (χ1) is 12.9. The number of benzene rings is 2. The van der Waals surface area contributed by atoms with E-state index in [2.05, 4.69) is 20.6 Å². The van der Waals surface area contributed by atoms with Crippen molar-refractivity contribution in [2.45, 2.75) is 13.8 Å². The molecule has 0 aliphatic heterocycles. The van der Waals surface area contributed by atoms with Gasteiger partial charge in [-0.2, -0.15) is 0 Å². The summed E-state index contributed by atoms with van der Waals surface area (Å²) in [7, 11) is 0. The summed E-state index contributed by atoms with van der Waals surface area (Å²) >= 11 is 12.1. The van der Waals surface area contributed by atoms with Crippen LogP contribution in [-0.4, -0.2) is 14.9 Å². The molecule has 0 aliphatic carbocycles. The molecular weight excluding hydrogens is 389 g/mol. The summed E-state index contributed by atoms with van der Waals surface area (Å²) in [4.78, 5) is 19.2. The van der Waals surface area contributed by atoms with Crippen molar-refractivity contribution in [2.75, 3.05) is 10.6 Å². The topological polar surface area (TPSA) is 93.0 Å². The van der Waals surface area contributed by atoms with Crippen LogP contribution >= 0.6 is 23.2 Å². The van der Waals surface area contributed by atoms with Crippen LogP contribution < -0.4 is 10.6 Å². The predicted molar refractivity (Wildman–Crippen MR) is 108 cm³/mol. The molecule has 0 bridgehead atoms. The maximum absolute atomic E-state index is 11.7. The highest BCUT2D eigenvalue weighted by Crippen LogP contribution is 2.36. The minimum absolute atomic E-state index is 0.00646. The average Bonchev–Trinajstić information content (AvgIpc) is 2.62. The molecule has 0 atom stereocenters. The first-order valence-electron chi connectivity index (χ1n) is 7.91. The van der Waals surface area contributed by atoms with E-state index in [-0.39, 0.29) is 17.3 Å². The molecule has 0 saturated heterocycles. The zero-order valence-electron chi connectivity index (χ0n) is 14.5. The number of nitrogens with zero attached hydrogens (tertiary/aromatic N) is 3. The van der Waals surface area contributed by atoms with E-state index in [1.54, 1.807) is 18.2 Å². The van der Waals surface area contributed by atoms with Crippen LogP contribution in [-0.2, 0) is 0 Å². The van der Waals surface area contributed by atoms with Gasteiger partial charge in [0.25, 0.3) is 0 Å². The minimum Gasteiger partial charge on any atom is -0.334 e. The molecule has 9 heteroatoms. The van der Waals surface area contributed by atoms with Crippen molar-refractivity contribution in [2.24, 2.45) is 0 Å². The third-order valence-corrected chi connectivity index (χ3v) is 4.61. The van der Waals surface area contributed by atoms with Crippen molar-refractivity contribution in [3.8, 4) is 0 Å². The molecule has 7 nitrogen and oxygen atoms in total. The van der Waals surface area contributed by atoms with Gasteiger partial charge in [0, 0.05) is 10.7 Å². The van der Waals surface area contributed by atoms with E-state index in [0.29, 0.717) is 15.7 Å². The first-order valence-corrected chi connectivity index (χ1v) is 8.67. The fraction of sp³-hybridized carbons (Fsp3) is 0.111. The summed E-state index contributed by atoms with van der Waals surface area (Å²) in [6.07, 6.45) is 1.24. The number of nitro groups is 1. The number of aromatic nitrogens is 2. The van der Waals surface area contributed by atoms with Crippen LogP contribution in [0, 0.1) is 24.0 Å². The zero-order chi connectivity index (χ0) is 19.6. The summed E-state index contributed by atoms with van der Waals surface area (Å²) in [5.41, 5.74) is 2.86. The van der Waals surface area contributed by atoms with Gasteiger partial charge in [0.1, 0.15) is 6.33 Å². The lowest BCUT2D eigenvalue weighted by atomic mass is 10.1. The van der Waals surface area contributed by atoms with Crippen LogP contribution in [0.25, 0.3) is 0 Å². The normalized spacial score (nSPS) is 10.5. The number of aryl methyl sites for hydroxylation is 1. The van der Waals surface area contributed by atoms with E-state index in [1.165, 1.54) is 6.33 Å². The molecule has 3 rings (SSSR count). The van der Waals surface area contributed by atoms with Gasteiger partial charge in [-0.1, -0.05) is 35.3 Å². The van der Waals surface area contributed by atoms with Crippen LogP contribution in [0.15, 0.2) is 42.7 Å². The van der Waals surface area contributed by atoms with Gasteiger partial charge in [-0.3, -0.25) is 10.1 Å². The highest BCUT2D eigenvalue weighted by Gasteiger charge is 2.24. The second-order valence-corrected chi connectivity index (χ2v) is 6.64. The quantitative estimate of drug-likeness (QED) is 0.413. The lowest BCUT2D eigenvalue weighted by molar-refractivity contribution is -0.383. The number of nitrogens with one attached hydrogen (secondary N) is 2. The molecule has 0 amide bonds. The maximum Gasteiger partial charge on any atom is 0.353 e. The van der Waals surface area contributed by atoms with Crippen molar-refractivity contribution in [3.63, 3.8) is 0 Å². The van der Waals surface area contributed by atoms with Crippen molar-refractivity contribution < 1.29 is 4.92 Å². The van der Waals surface area contributed by atoms with E-state index in [1.807, 2.05) is 32.0 Å². The lowest BCUT2D eigenvalue weighted by Crippen LogP contribution is -2.06. The molecule has 138 valence electrons. The molecule has 2 aromatic carbocycles. The summed E-state index contributed by atoms with van der Waals surface area (Å²) in [5, 5.41) is 18.4. The Hall–Kier alpha value is -2.90. The summed E-state index contributed by atoms with van der Waals surface area (Å²) in [6, 6.07) is 10.4. The Morgan fingerprint density at radius 3 is 2.33 bits per heavy atom. The van der Waals surface area contributed by atoms with Crippen LogP contribution in [0.5, 0.6) is 0 Å². The molecule has 27 heavy (non-hydrogen) atoms. The molecular formula is C18H15Cl2N5O2. The van der Waals surface area contributed by atoms with Gasteiger partial charge in [-0.25, -0.2) is 9.97 Å². The highest BCUT2D eigenvalue weighted by atomic mass is 35.5. The first kappa shape index (κ1) is 18.9. The third-order valence-electron chi connectivity index (χ3n) is 4.04. The standard InChI is InChI=1S/C18H15Cl2N5O2/c1-10-4-3-5-14(11(10)2)23-17-16(25(26)27)18(22-9-21-17)24-15-8-12(19)6-7-13(15)20/h3-9H,1-2H3,(H2,21,22,23,24). The van der Waals surface area contributed by atoms with Crippen molar-refractivity contribution in [1.82, 2.24) is 9.97 Å². The van der Waals surface area contributed by atoms with Gasteiger partial charge in [0.15, 0.2) is 0 Å². The van der Waals surface area contributed by atoms with Crippen molar-refractivity contribution >= 4 is 51.9 Å². The van der Waals surface area contributed by atoms with E-state index in [0.717, 1.165) is 16.8 Å². The summed E-state index contributed by atoms with van der Waals surface area (Å²) in [5.74, 6) is 0.0799. The second-order valence-electron chi connectivity index (χ2n) is 5.80. The Kier molecular flexibility index (Phi) is 5.43. The van der Waals surface area contributed by atoms with E-state index in [9.17, 15) is 10.1 Å². The van der Waals surface area contributed by atoms with Gasteiger partial charge in [-0.15, -0.1) is 0 Å². The summed E-state index contributed by atoms with van der Waals surface area (Å²) in [6.45, 7) is 3.89. The van der Waals surface area contributed by atoms with E-state index in [4.69, 9.17) is 23.2 Å². The van der Waals surface area contributed by atoms with Gasteiger partial charge in [0.2, 0.25) is 11.6 Å². The molecule has 0 aliphatic rings. The van der Waals surface area contributed by atoms with Gasteiger partial charge < -0.3 is 10.6 Å². The van der Waals surface area contributed by atoms with Crippen LogP contribution in [0.1, 0.15) is 11.1 Å². The Bertz CT molecular complexity index is 1000. The molecule has 3 aromatic rings. The second kappa shape index (κ2) is 7.77. The van der Waals surface area contributed by atoms with Gasteiger partial charge in [-0.05, 0) is 49.2 Å². The Balaban J connectivity index is 2.04. The number of anilines is 4. The third kappa shape index (κ3) is 4.10. The number of halogens is 2. The van der Waals surface area contributed by atoms with Crippen LogP contribution in [0.4, 0.5) is 28.7 Å². The predicted octanol–water partition coefficient (Wildman–Crippen LogP) is 5.80. The number of hydrogen-bond donors (Lipinski definition) is 2. The Morgan fingerprint density at radius 2 is 1.67 bits per heavy atom. The smallest absolute Gasteiger partial charge is 0.334 e. The van der Waals surface area contributed by atoms with E-state index >= 15 is 0 Å². The molecule has 1 heterocycles. The Labute approximate surface area is 165 Å². The van der Waals surface area contributed by atoms with E-state index < -0.39 is 4.92 Å². The minimum atomic E-state index is -0.547. The van der Waals surface area contributed by atoms with Crippen molar-refractivity contribution in [3.05, 3.63) is 74.0 Å². The molecule has 0 unspecified atom stereocenters. The largest absolute Gasteiger partial charge is 0.353 e. The highest BCUT2D eigenvalue weighted by molar-refractivity contribution is 6.35.